The van der Waals surface area contributed by atoms with Crippen LogP contribution in [0.1, 0.15) is 17.3 Å². The zero-order valence-corrected chi connectivity index (χ0v) is 13.5. The van der Waals surface area contributed by atoms with Crippen LogP contribution in [0.2, 0.25) is 0 Å². The molecule has 0 radical (unpaired) electrons. The summed E-state index contributed by atoms with van der Waals surface area (Å²) in [4.78, 5) is 11.1. The smallest absolute Gasteiger partial charge is 0.264 e. The van der Waals surface area contributed by atoms with Gasteiger partial charge in [0.25, 0.3) is 15.0 Å². The average Bonchev–Trinajstić information content (AvgIpc) is 2.24. The predicted molar refractivity (Wildman–Crippen MR) is 76.1 cm³/mol. The van der Waals surface area contributed by atoms with Gasteiger partial charge in [-0.25, -0.2) is 21.2 Å². The van der Waals surface area contributed by atoms with Gasteiger partial charge in [-0.3, -0.25) is 4.79 Å². The van der Waals surface area contributed by atoms with Gasteiger partial charge in [0.05, 0.1) is 5.75 Å². The molecule has 0 aliphatic heterocycles. The van der Waals surface area contributed by atoms with Crippen molar-refractivity contribution in [1.29, 1.82) is 0 Å². The minimum absolute atomic E-state index is 0.143. The van der Waals surface area contributed by atoms with Gasteiger partial charge in [-0.15, -0.1) is 0 Å². The third kappa shape index (κ3) is 5.60. The Labute approximate surface area is 126 Å². The van der Waals surface area contributed by atoms with Crippen molar-refractivity contribution >= 4 is 35.5 Å². The molecule has 0 fully saturated rings. The summed E-state index contributed by atoms with van der Waals surface area (Å²) in [5.74, 6) is -2.08. The standard InChI is InChI=1S/C11H13ClFNO5S2/c1-7(6-20(2,16)17)14-11(15)8-3-4-9(13)10(5-8)21(12,18)19/h3-5,7H,6H2,1-2H3,(H,14,15). The van der Waals surface area contributed by atoms with E-state index in [0.29, 0.717) is 0 Å². The lowest BCUT2D eigenvalue weighted by molar-refractivity contribution is 0.0943. The number of amides is 1. The summed E-state index contributed by atoms with van der Waals surface area (Å²) >= 11 is 0. The van der Waals surface area contributed by atoms with E-state index in [0.717, 1.165) is 24.5 Å². The molecule has 1 atom stereocenters. The number of hydrogen-bond acceptors (Lipinski definition) is 5. The van der Waals surface area contributed by atoms with E-state index in [-0.39, 0.29) is 11.3 Å². The predicted octanol–water partition coefficient (Wildman–Crippen LogP) is 0.916. The minimum Gasteiger partial charge on any atom is -0.349 e. The molecule has 0 saturated heterocycles. The SMILES string of the molecule is CC(CS(C)(=O)=O)NC(=O)c1ccc(F)c(S(=O)(=O)Cl)c1. The molecule has 118 valence electrons. The lowest BCUT2D eigenvalue weighted by atomic mass is 10.2. The first-order valence-electron chi connectivity index (χ1n) is 5.63. The van der Waals surface area contributed by atoms with E-state index < -0.39 is 41.5 Å². The summed E-state index contributed by atoms with van der Waals surface area (Å²) in [5.41, 5.74) is -0.143. The second-order valence-corrected chi connectivity index (χ2v) is 9.27. The molecule has 0 aromatic heterocycles. The monoisotopic (exact) mass is 357 g/mol. The van der Waals surface area contributed by atoms with E-state index in [1.165, 1.54) is 6.92 Å². The van der Waals surface area contributed by atoms with Crippen LogP contribution in [-0.4, -0.2) is 40.8 Å². The molecule has 0 saturated carbocycles. The summed E-state index contributed by atoms with van der Waals surface area (Å²) in [7, 11) is -2.55. The van der Waals surface area contributed by atoms with Crippen molar-refractivity contribution in [2.75, 3.05) is 12.0 Å². The zero-order valence-electron chi connectivity index (χ0n) is 11.1. The quantitative estimate of drug-likeness (QED) is 0.790. The van der Waals surface area contributed by atoms with Crippen LogP contribution in [0.15, 0.2) is 23.1 Å². The molecule has 21 heavy (non-hydrogen) atoms. The summed E-state index contributed by atoms with van der Waals surface area (Å²) in [6.07, 6.45) is 1.02. The molecule has 1 unspecified atom stereocenters. The van der Waals surface area contributed by atoms with E-state index in [4.69, 9.17) is 10.7 Å². The topological polar surface area (TPSA) is 97.4 Å². The highest BCUT2D eigenvalue weighted by atomic mass is 35.7. The molecule has 1 aromatic rings. The van der Waals surface area contributed by atoms with Gasteiger partial charge in [0, 0.05) is 28.5 Å². The number of carbonyl (C=O) groups excluding carboxylic acids is 1. The fourth-order valence-corrected chi connectivity index (χ4v) is 3.55. The van der Waals surface area contributed by atoms with Gasteiger partial charge in [-0.1, -0.05) is 0 Å². The van der Waals surface area contributed by atoms with Crippen LogP contribution >= 0.6 is 10.7 Å². The maximum absolute atomic E-state index is 13.3. The highest BCUT2D eigenvalue weighted by molar-refractivity contribution is 8.13. The van der Waals surface area contributed by atoms with Crippen molar-refractivity contribution in [3.63, 3.8) is 0 Å². The van der Waals surface area contributed by atoms with E-state index in [1.807, 2.05) is 0 Å². The highest BCUT2D eigenvalue weighted by Gasteiger charge is 2.20. The van der Waals surface area contributed by atoms with Crippen molar-refractivity contribution in [2.45, 2.75) is 17.9 Å². The Kier molecular flexibility index (Phi) is 5.35. The second kappa shape index (κ2) is 6.29. The molecule has 0 heterocycles. The number of carbonyl (C=O) groups is 1. The van der Waals surface area contributed by atoms with Crippen LogP contribution < -0.4 is 5.32 Å². The van der Waals surface area contributed by atoms with Crippen LogP contribution in [0.4, 0.5) is 4.39 Å². The normalized spacial score (nSPS) is 13.7. The summed E-state index contributed by atoms with van der Waals surface area (Å²) in [6, 6.07) is 1.98. The van der Waals surface area contributed by atoms with Gasteiger partial charge < -0.3 is 5.32 Å². The van der Waals surface area contributed by atoms with E-state index in [9.17, 15) is 26.0 Å². The highest BCUT2D eigenvalue weighted by Crippen LogP contribution is 2.20. The van der Waals surface area contributed by atoms with Gasteiger partial charge in [0.1, 0.15) is 20.5 Å². The number of benzene rings is 1. The maximum atomic E-state index is 13.3. The Morgan fingerprint density at radius 1 is 1.33 bits per heavy atom. The molecule has 10 heteroatoms. The molecule has 0 aliphatic rings. The van der Waals surface area contributed by atoms with E-state index in [1.54, 1.807) is 0 Å². The Hall–Kier alpha value is -1.19. The summed E-state index contributed by atoms with van der Waals surface area (Å²) in [5, 5.41) is 2.37. The van der Waals surface area contributed by atoms with E-state index >= 15 is 0 Å². The average molecular weight is 358 g/mol. The Morgan fingerprint density at radius 2 is 1.90 bits per heavy atom. The van der Waals surface area contributed by atoms with Crippen LogP contribution in [0.3, 0.4) is 0 Å². The van der Waals surface area contributed by atoms with Crippen molar-refractivity contribution in [3.05, 3.63) is 29.6 Å². The number of nitrogens with one attached hydrogen (secondary N) is 1. The van der Waals surface area contributed by atoms with Crippen molar-refractivity contribution in [1.82, 2.24) is 5.32 Å². The Balaban J connectivity index is 2.99. The maximum Gasteiger partial charge on any atom is 0.264 e. The van der Waals surface area contributed by atoms with Crippen LogP contribution in [0.5, 0.6) is 0 Å². The van der Waals surface area contributed by atoms with Gasteiger partial charge in [-0.2, -0.15) is 0 Å². The second-order valence-electron chi connectivity index (χ2n) is 4.55. The Morgan fingerprint density at radius 3 is 2.38 bits per heavy atom. The fourth-order valence-electron chi connectivity index (χ4n) is 1.63. The van der Waals surface area contributed by atoms with Gasteiger partial charge in [0.15, 0.2) is 0 Å². The molecule has 1 N–H and O–H groups in total. The molecule has 0 bridgehead atoms. The van der Waals surface area contributed by atoms with Crippen LogP contribution in [0.25, 0.3) is 0 Å². The van der Waals surface area contributed by atoms with Gasteiger partial charge >= 0.3 is 0 Å². The van der Waals surface area contributed by atoms with Crippen LogP contribution in [0, 0.1) is 5.82 Å². The number of rotatable bonds is 5. The number of hydrogen-bond donors (Lipinski definition) is 1. The first kappa shape index (κ1) is 17.9. The lowest BCUT2D eigenvalue weighted by Crippen LogP contribution is -2.37. The van der Waals surface area contributed by atoms with Crippen molar-refractivity contribution in [3.8, 4) is 0 Å². The third-order valence-corrected chi connectivity index (χ3v) is 4.83. The molecular weight excluding hydrogens is 345 g/mol. The molecule has 1 rings (SSSR count). The van der Waals surface area contributed by atoms with Crippen LogP contribution in [-0.2, 0) is 18.9 Å². The van der Waals surface area contributed by atoms with E-state index in [2.05, 4.69) is 5.32 Å². The largest absolute Gasteiger partial charge is 0.349 e. The fraction of sp³-hybridized carbons (Fsp3) is 0.364. The number of sulfone groups is 1. The molecule has 6 nitrogen and oxygen atoms in total. The first-order chi connectivity index (χ1) is 9.40. The minimum atomic E-state index is -4.33. The summed E-state index contributed by atoms with van der Waals surface area (Å²) < 4.78 is 57.8. The number of halogens is 2. The van der Waals surface area contributed by atoms with Gasteiger partial charge in [0.2, 0.25) is 0 Å². The molecule has 0 aliphatic carbocycles. The molecular formula is C11H13ClFNO5S2. The zero-order chi connectivity index (χ0) is 16.4. The lowest BCUT2D eigenvalue weighted by Gasteiger charge is -2.13. The summed E-state index contributed by atoms with van der Waals surface area (Å²) in [6.45, 7) is 1.47. The molecule has 1 aromatic carbocycles. The van der Waals surface area contributed by atoms with Crippen molar-refractivity contribution < 1.29 is 26.0 Å². The van der Waals surface area contributed by atoms with Crippen molar-refractivity contribution in [2.24, 2.45) is 0 Å². The molecule has 1 amide bonds. The third-order valence-electron chi connectivity index (χ3n) is 2.39. The molecule has 0 spiro atoms. The Bertz CT molecular complexity index is 761. The first-order valence-corrected chi connectivity index (χ1v) is 10.00. The van der Waals surface area contributed by atoms with Gasteiger partial charge in [-0.05, 0) is 25.1 Å².